The molecule has 0 aliphatic carbocycles. The zero-order valence-electron chi connectivity index (χ0n) is 11.1. The van der Waals surface area contributed by atoms with Crippen molar-refractivity contribution in [3.8, 4) is 0 Å². The van der Waals surface area contributed by atoms with Crippen molar-refractivity contribution >= 4 is 6.16 Å². The number of hydrogen-bond acceptors (Lipinski definition) is 3. The highest BCUT2D eigenvalue weighted by molar-refractivity contribution is 5.61. The summed E-state index contributed by atoms with van der Waals surface area (Å²) >= 11 is 0. The molecule has 0 rings (SSSR count). The average molecular weight is 228 g/mol. The predicted octanol–water partition coefficient (Wildman–Crippen LogP) is 3.93. The highest BCUT2D eigenvalue weighted by Crippen LogP contribution is 2.23. The van der Waals surface area contributed by atoms with E-state index in [0.29, 0.717) is 12.8 Å². The molecule has 0 aromatic heterocycles. The van der Waals surface area contributed by atoms with Gasteiger partial charge in [0.25, 0.3) is 0 Å². The summed E-state index contributed by atoms with van der Waals surface area (Å²) in [5, 5.41) is 0. The van der Waals surface area contributed by atoms with E-state index in [2.05, 4.69) is 6.58 Å². The monoisotopic (exact) mass is 228 g/mol. The molecule has 0 saturated carbocycles. The summed E-state index contributed by atoms with van der Waals surface area (Å²) in [4.78, 5) is 11.6. The zero-order valence-corrected chi connectivity index (χ0v) is 11.1. The van der Waals surface area contributed by atoms with Crippen molar-refractivity contribution in [1.29, 1.82) is 0 Å². The fourth-order valence-corrected chi connectivity index (χ4v) is 1.20. The van der Waals surface area contributed by atoms with Crippen molar-refractivity contribution in [1.82, 2.24) is 0 Å². The van der Waals surface area contributed by atoms with Crippen molar-refractivity contribution in [3.05, 3.63) is 12.7 Å². The molecule has 1 unspecified atom stereocenters. The molecule has 0 heterocycles. The normalized spacial score (nSPS) is 13.4. The lowest BCUT2D eigenvalue weighted by Gasteiger charge is -2.28. The summed E-state index contributed by atoms with van der Waals surface area (Å²) in [5.74, 6) is 0.286. The van der Waals surface area contributed by atoms with Crippen LogP contribution in [-0.2, 0) is 9.47 Å². The van der Waals surface area contributed by atoms with Gasteiger partial charge in [-0.15, -0.1) is 0 Å². The van der Waals surface area contributed by atoms with Crippen LogP contribution in [0, 0.1) is 5.92 Å². The molecule has 0 bridgehead atoms. The van der Waals surface area contributed by atoms with Crippen molar-refractivity contribution in [2.24, 2.45) is 5.92 Å². The maximum Gasteiger partial charge on any atom is 0.509 e. The van der Waals surface area contributed by atoms with Crippen molar-refractivity contribution in [2.75, 3.05) is 0 Å². The molecule has 0 N–H and O–H groups in total. The molecule has 0 aliphatic heterocycles. The van der Waals surface area contributed by atoms with Crippen LogP contribution in [0.5, 0.6) is 0 Å². The summed E-state index contributed by atoms with van der Waals surface area (Å²) in [5.41, 5.74) is -0.590. The number of hydrogen-bond donors (Lipinski definition) is 0. The quantitative estimate of drug-likeness (QED) is 0.510. The van der Waals surface area contributed by atoms with Crippen LogP contribution in [0.1, 0.15) is 47.5 Å². The van der Waals surface area contributed by atoms with Crippen LogP contribution in [-0.4, -0.2) is 17.9 Å². The predicted molar refractivity (Wildman–Crippen MR) is 65.4 cm³/mol. The number of ether oxygens (including phenoxy) is 2. The smallest absolute Gasteiger partial charge is 0.431 e. The van der Waals surface area contributed by atoms with Crippen molar-refractivity contribution in [2.45, 2.75) is 59.2 Å². The summed E-state index contributed by atoms with van der Waals surface area (Å²) in [6.07, 6.45) is 2.35. The van der Waals surface area contributed by atoms with Crippen LogP contribution in [0.25, 0.3) is 0 Å². The van der Waals surface area contributed by atoms with E-state index in [4.69, 9.17) is 9.47 Å². The number of carbonyl (C=O) groups excluding carboxylic acids is 1. The van der Waals surface area contributed by atoms with E-state index in [-0.39, 0.29) is 12.0 Å². The van der Waals surface area contributed by atoms with Gasteiger partial charge in [-0.1, -0.05) is 34.3 Å². The van der Waals surface area contributed by atoms with Crippen LogP contribution < -0.4 is 0 Å². The van der Waals surface area contributed by atoms with Crippen molar-refractivity contribution in [3.63, 3.8) is 0 Å². The number of carbonyl (C=O) groups is 1. The van der Waals surface area contributed by atoms with E-state index >= 15 is 0 Å². The Kier molecular flexibility index (Phi) is 6.16. The van der Waals surface area contributed by atoms with Crippen LogP contribution in [0.3, 0.4) is 0 Å². The Balaban J connectivity index is 4.37. The third kappa shape index (κ3) is 4.25. The van der Waals surface area contributed by atoms with Gasteiger partial charge < -0.3 is 9.47 Å². The van der Waals surface area contributed by atoms with Crippen molar-refractivity contribution < 1.29 is 14.3 Å². The van der Waals surface area contributed by atoms with Gasteiger partial charge in [0.05, 0.1) is 0 Å². The zero-order chi connectivity index (χ0) is 12.8. The second-order valence-corrected chi connectivity index (χ2v) is 4.40. The standard InChI is InChI=1S/C13H24O3/c1-7-13(8-2,9-3)16-12(14)15-11(6)10(4)5/h7,10-11H,1,8-9H2,2-6H3. The first-order chi connectivity index (χ1) is 7.40. The minimum Gasteiger partial charge on any atom is -0.431 e. The van der Waals surface area contributed by atoms with Gasteiger partial charge >= 0.3 is 6.16 Å². The summed E-state index contributed by atoms with van der Waals surface area (Å²) < 4.78 is 10.5. The van der Waals surface area contributed by atoms with Gasteiger partial charge in [-0.25, -0.2) is 4.79 Å². The molecule has 0 fully saturated rings. The molecular weight excluding hydrogens is 204 g/mol. The van der Waals surface area contributed by atoms with E-state index in [1.807, 2.05) is 34.6 Å². The fraction of sp³-hybridized carbons (Fsp3) is 0.769. The van der Waals surface area contributed by atoms with Crippen LogP contribution in [0.2, 0.25) is 0 Å². The Bertz CT molecular complexity index is 229. The van der Waals surface area contributed by atoms with E-state index in [9.17, 15) is 4.79 Å². The Labute approximate surface area is 98.8 Å². The van der Waals surface area contributed by atoms with Gasteiger partial charge in [-0.05, 0) is 31.8 Å². The third-order valence-corrected chi connectivity index (χ3v) is 3.08. The van der Waals surface area contributed by atoms with Gasteiger partial charge in [0.1, 0.15) is 11.7 Å². The molecule has 3 heteroatoms. The Morgan fingerprint density at radius 1 is 1.31 bits per heavy atom. The third-order valence-electron chi connectivity index (χ3n) is 3.08. The summed E-state index contributed by atoms with van der Waals surface area (Å²) in [6, 6.07) is 0. The molecular formula is C13H24O3. The van der Waals surface area contributed by atoms with Crippen LogP contribution in [0.4, 0.5) is 4.79 Å². The highest BCUT2D eigenvalue weighted by atomic mass is 16.7. The largest absolute Gasteiger partial charge is 0.509 e. The fourth-order valence-electron chi connectivity index (χ4n) is 1.20. The minimum atomic E-state index is -0.607. The molecule has 16 heavy (non-hydrogen) atoms. The first-order valence-corrected chi connectivity index (χ1v) is 5.94. The Hall–Kier alpha value is -0.990. The van der Waals surface area contributed by atoms with Gasteiger partial charge in [0.2, 0.25) is 0 Å². The maximum atomic E-state index is 11.6. The topological polar surface area (TPSA) is 35.5 Å². The maximum absolute atomic E-state index is 11.6. The highest BCUT2D eigenvalue weighted by Gasteiger charge is 2.28. The average Bonchev–Trinajstić information content (AvgIpc) is 2.26. The van der Waals surface area contributed by atoms with Crippen LogP contribution >= 0.6 is 0 Å². The van der Waals surface area contributed by atoms with Gasteiger partial charge in [0, 0.05) is 0 Å². The Morgan fingerprint density at radius 2 is 1.81 bits per heavy atom. The van der Waals surface area contributed by atoms with Gasteiger partial charge in [0.15, 0.2) is 0 Å². The summed E-state index contributed by atoms with van der Waals surface area (Å²) in [7, 11) is 0. The first kappa shape index (κ1) is 15.0. The first-order valence-electron chi connectivity index (χ1n) is 5.94. The second-order valence-electron chi connectivity index (χ2n) is 4.40. The molecule has 3 nitrogen and oxygen atoms in total. The SMILES string of the molecule is C=CC(CC)(CC)OC(=O)OC(C)C(C)C. The molecule has 94 valence electrons. The molecule has 0 saturated heterocycles. The molecule has 0 aromatic carbocycles. The molecule has 0 aliphatic rings. The van der Waals surface area contributed by atoms with E-state index in [0.717, 1.165) is 0 Å². The lowest BCUT2D eigenvalue weighted by molar-refractivity contribution is -0.0369. The van der Waals surface area contributed by atoms with E-state index in [1.54, 1.807) is 6.08 Å². The minimum absolute atomic E-state index is 0.135. The summed E-state index contributed by atoms with van der Waals surface area (Å²) in [6.45, 7) is 13.5. The molecule has 0 amide bonds. The molecule has 1 atom stereocenters. The van der Waals surface area contributed by atoms with Gasteiger partial charge in [-0.3, -0.25) is 0 Å². The van der Waals surface area contributed by atoms with Gasteiger partial charge in [-0.2, -0.15) is 0 Å². The molecule has 0 radical (unpaired) electrons. The molecule has 0 aromatic rings. The van der Waals surface area contributed by atoms with E-state index < -0.39 is 11.8 Å². The Morgan fingerprint density at radius 3 is 2.12 bits per heavy atom. The lowest BCUT2D eigenvalue weighted by Crippen LogP contribution is -2.33. The molecule has 0 spiro atoms. The lowest BCUT2D eigenvalue weighted by atomic mass is 9.98. The second kappa shape index (κ2) is 6.56. The van der Waals surface area contributed by atoms with Crippen LogP contribution in [0.15, 0.2) is 12.7 Å². The number of rotatable bonds is 6. The van der Waals surface area contributed by atoms with E-state index in [1.165, 1.54) is 0 Å².